The number of hydrogen-bond donors (Lipinski definition) is 1. The van der Waals surface area contributed by atoms with Crippen molar-refractivity contribution in [3.05, 3.63) is 34.6 Å². The standard InChI is InChI=1S/C11H12ClF4NS/c1-7(17-4-5-18-11(14,15)16)9-3-2-8(13)6-10(9)12/h2-3,6-7,17H,4-5H2,1H3. The molecule has 1 aromatic carbocycles. The molecule has 0 saturated heterocycles. The molecule has 1 aromatic rings. The summed E-state index contributed by atoms with van der Waals surface area (Å²) in [5, 5.41) is 3.17. The summed E-state index contributed by atoms with van der Waals surface area (Å²) in [6, 6.07) is 3.74. The maximum atomic E-state index is 12.8. The molecule has 1 atom stereocenters. The quantitative estimate of drug-likeness (QED) is 0.640. The molecule has 1 unspecified atom stereocenters. The Hall–Kier alpha value is -0.460. The highest BCUT2D eigenvalue weighted by Crippen LogP contribution is 2.29. The lowest BCUT2D eigenvalue weighted by Crippen LogP contribution is -2.22. The van der Waals surface area contributed by atoms with Crippen LogP contribution in [0.15, 0.2) is 18.2 Å². The van der Waals surface area contributed by atoms with Crippen LogP contribution >= 0.6 is 23.4 Å². The molecule has 1 rings (SSSR count). The Kier molecular flexibility index (Phi) is 5.75. The monoisotopic (exact) mass is 301 g/mol. The minimum absolute atomic E-state index is 0.0767. The summed E-state index contributed by atoms with van der Waals surface area (Å²) in [6.07, 6.45) is 0. The van der Waals surface area contributed by atoms with Gasteiger partial charge < -0.3 is 5.32 Å². The minimum Gasteiger partial charge on any atom is -0.309 e. The molecule has 0 heterocycles. The van der Waals surface area contributed by atoms with Crippen LogP contribution in [0.4, 0.5) is 17.6 Å². The first-order valence-electron chi connectivity index (χ1n) is 5.18. The van der Waals surface area contributed by atoms with E-state index >= 15 is 0 Å². The van der Waals surface area contributed by atoms with Crippen LogP contribution in [0.5, 0.6) is 0 Å². The van der Waals surface area contributed by atoms with Crippen molar-refractivity contribution >= 4 is 23.4 Å². The smallest absolute Gasteiger partial charge is 0.309 e. The number of hydrogen-bond acceptors (Lipinski definition) is 2. The van der Waals surface area contributed by atoms with Crippen LogP contribution in [0.1, 0.15) is 18.5 Å². The van der Waals surface area contributed by atoms with Crippen LogP contribution < -0.4 is 5.32 Å². The zero-order chi connectivity index (χ0) is 13.8. The average molecular weight is 302 g/mol. The van der Waals surface area contributed by atoms with Gasteiger partial charge in [-0.2, -0.15) is 13.2 Å². The zero-order valence-corrected chi connectivity index (χ0v) is 11.1. The Balaban J connectivity index is 2.43. The van der Waals surface area contributed by atoms with E-state index < -0.39 is 11.3 Å². The lowest BCUT2D eigenvalue weighted by Gasteiger charge is -2.16. The van der Waals surface area contributed by atoms with E-state index in [1.165, 1.54) is 18.2 Å². The highest BCUT2D eigenvalue weighted by Gasteiger charge is 2.27. The van der Waals surface area contributed by atoms with Crippen molar-refractivity contribution in [3.8, 4) is 0 Å². The number of halogens is 5. The largest absolute Gasteiger partial charge is 0.441 e. The summed E-state index contributed by atoms with van der Waals surface area (Å²) in [6.45, 7) is 1.95. The van der Waals surface area contributed by atoms with Crippen molar-refractivity contribution in [1.82, 2.24) is 5.32 Å². The lowest BCUT2D eigenvalue weighted by atomic mass is 10.1. The predicted octanol–water partition coefficient (Wildman–Crippen LogP) is 4.38. The van der Waals surface area contributed by atoms with Crippen LogP contribution in [0.25, 0.3) is 0 Å². The maximum absolute atomic E-state index is 12.8. The molecule has 0 amide bonds. The zero-order valence-electron chi connectivity index (χ0n) is 9.52. The van der Waals surface area contributed by atoms with Crippen molar-refractivity contribution in [2.24, 2.45) is 0 Å². The van der Waals surface area contributed by atoms with E-state index in [9.17, 15) is 17.6 Å². The van der Waals surface area contributed by atoms with Crippen LogP contribution in [-0.4, -0.2) is 17.8 Å². The van der Waals surface area contributed by atoms with Gasteiger partial charge in [0.25, 0.3) is 0 Å². The fraction of sp³-hybridized carbons (Fsp3) is 0.455. The Morgan fingerprint density at radius 1 is 1.39 bits per heavy atom. The molecule has 7 heteroatoms. The average Bonchev–Trinajstić information content (AvgIpc) is 2.22. The van der Waals surface area contributed by atoms with Crippen LogP contribution in [0, 0.1) is 5.82 Å². The Morgan fingerprint density at radius 3 is 2.61 bits per heavy atom. The summed E-state index contributed by atoms with van der Waals surface area (Å²) >= 11 is 5.77. The number of benzene rings is 1. The first-order valence-corrected chi connectivity index (χ1v) is 6.55. The summed E-state index contributed by atoms with van der Waals surface area (Å²) in [4.78, 5) is 0. The molecule has 1 nitrogen and oxygen atoms in total. The molecule has 0 aromatic heterocycles. The van der Waals surface area contributed by atoms with E-state index in [1.807, 2.05) is 0 Å². The van der Waals surface area contributed by atoms with Gasteiger partial charge in [-0.1, -0.05) is 17.7 Å². The molecular formula is C11H12ClF4NS. The fourth-order valence-corrected chi connectivity index (χ4v) is 2.19. The molecule has 0 aliphatic rings. The Labute approximate surface area is 112 Å². The van der Waals surface area contributed by atoms with Crippen LogP contribution in [0.3, 0.4) is 0 Å². The topological polar surface area (TPSA) is 12.0 Å². The van der Waals surface area contributed by atoms with E-state index in [0.717, 1.165) is 0 Å². The minimum atomic E-state index is -4.21. The fourth-order valence-electron chi connectivity index (χ4n) is 1.40. The maximum Gasteiger partial charge on any atom is 0.441 e. The van der Waals surface area contributed by atoms with Gasteiger partial charge >= 0.3 is 5.51 Å². The molecule has 0 bridgehead atoms. The molecule has 102 valence electrons. The van der Waals surface area contributed by atoms with E-state index in [2.05, 4.69) is 5.32 Å². The summed E-state index contributed by atoms with van der Waals surface area (Å²) in [5.41, 5.74) is -3.55. The normalized spacial score (nSPS) is 13.7. The number of nitrogens with one attached hydrogen (secondary N) is 1. The second-order valence-electron chi connectivity index (χ2n) is 3.64. The molecule has 0 radical (unpaired) electrons. The molecule has 0 saturated carbocycles. The lowest BCUT2D eigenvalue weighted by molar-refractivity contribution is -0.0327. The first-order chi connectivity index (χ1) is 8.29. The van der Waals surface area contributed by atoms with Gasteiger partial charge in [-0.15, -0.1) is 0 Å². The van der Waals surface area contributed by atoms with Gasteiger partial charge in [0, 0.05) is 23.4 Å². The van der Waals surface area contributed by atoms with Gasteiger partial charge in [0.05, 0.1) is 0 Å². The molecule has 18 heavy (non-hydrogen) atoms. The molecule has 0 aliphatic heterocycles. The third-order valence-corrected chi connectivity index (χ3v) is 3.31. The van der Waals surface area contributed by atoms with E-state index in [0.29, 0.717) is 5.56 Å². The Morgan fingerprint density at radius 2 is 2.06 bits per heavy atom. The second-order valence-corrected chi connectivity index (χ2v) is 5.20. The molecule has 1 N–H and O–H groups in total. The van der Waals surface area contributed by atoms with Crippen molar-refractivity contribution in [2.75, 3.05) is 12.3 Å². The number of rotatable bonds is 5. The summed E-state index contributed by atoms with van der Waals surface area (Å²) in [7, 11) is 0. The molecular weight excluding hydrogens is 290 g/mol. The number of alkyl halides is 3. The highest BCUT2D eigenvalue weighted by molar-refractivity contribution is 8.00. The van der Waals surface area contributed by atoms with Crippen LogP contribution in [0.2, 0.25) is 5.02 Å². The van der Waals surface area contributed by atoms with Gasteiger partial charge in [-0.25, -0.2) is 4.39 Å². The van der Waals surface area contributed by atoms with Gasteiger partial charge in [0.1, 0.15) is 5.82 Å². The van der Waals surface area contributed by atoms with Crippen LogP contribution in [-0.2, 0) is 0 Å². The van der Waals surface area contributed by atoms with E-state index in [1.54, 1.807) is 6.92 Å². The summed E-state index contributed by atoms with van der Waals surface area (Å²) in [5.74, 6) is -0.518. The summed E-state index contributed by atoms with van der Waals surface area (Å²) < 4.78 is 48.5. The Bertz CT molecular complexity index is 397. The molecule has 0 spiro atoms. The van der Waals surface area contributed by atoms with Gasteiger partial charge in [-0.05, 0) is 36.4 Å². The van der Waals surface area contributed by atoms with Crippen molar-refractivity contribution in [3.63, 3.8) is 0 Å². The van der Waals surface area contributed by atoms with Gasteiger partial charge in [0.2, 0.25) is 0 Å². The van der Waals surface area contributed by atoms with E-state index in [-0.39, 0.29) is 35.1 Å². The third-order valence-electron chi connectivity index (χ3n) is 2.25. The SMILES string of the molecule is CC(NCCSC(F)(F)F)c1ccc(F)cc1Cl. The van der Waals surface area contributed by atoms with E-state index in [4.69, 9.17) is 11.6 Å². The first kappa shape index (κ1) is 15.6. The van der Waals surface area contributed by atoms with Gasteiger partial charge in [0.15, 0.2) is 0 Å². The number of thioether (sulfide) groups is 1. The molecule has 0 fully saturated rings. The predicted molar refractivity (Wildman–Crippen MR) is 66.3 cm³/mol. The van der Waals surface area contributed by atoms with Crippen molar-refractivity contribution in [2.45, 2.75) is 18.5 Å². The highest BCUT2D eigenvalue weighted by atomic mass is 35.5. The molecule has 0 aliphatic carbocycles. The van der Waals surface area contributed by atoms with Crippen molar-refractivity contribution in [1.29, 1.82) is 0 Å². The third kappa shape index (κ3) is 5.46. The van der Waals surface area contributed by atoms with Crippen molar-refractivity contribution < 1.29 is 17.6 Å². The second kappa shape index (κ2) is 6.63. The van der Waals surface area contributed by atoms with Gasteiger partial charge in [-0.3, -0.25) is 0 Å².